The van der Waals surface area contributed by atoms with Crippen molar-refractivity contribution in [1.82, 2.24) is 4.98 Å². The summed E-state index contributed by atoms with van der Waals surface area (Å²) in [6.45, 7) is 0. The molecule has 0 bridgehead atoms. The van der Waals surface area contributed by atoms with E-state index in [1.165, 1.54) is 5.56 Å². The Balaban J connectivity index is 0.00000112. The quantitative estimate of drug-likeness (QED) is 0.462. The molecule has 2 aromatic rings. The molecule has 0 N–H and O–H groups in total. The molecule has 1 nitrogen and oxygen atoms in total. The zero-order chi connectivity index (χ0) is 9.80. The van der Waals surface area contributed by atoms with Crippen LogP contribution in [-0.4, -0.2) is 27.3 Å². The van der Waals surface area contributed by atoms with Crippen molar-refractivity contribution in [2.24, 2.45) is 0 Å². The maximum absolute atomic E-state index is 4.45. The van der Waals surface area contributed by atoms with Gasteiger partial charge in [0.1, 0.15) is 0 Å². The molecular formula is C12H9NOsTe. The number of pyridine rings is 1. The second-order valence-corrected chi connectivity index (χ2v) is 4.23. The number of rotatable bonds is 2. The molecule has 0 amide bonds. The van der Waals surface area contributed by atoms with Crippen LogP contribution < -0.4 is 3.74 Å². The predicted octanol–water partition coefficient (Wildman–Crippen LogP) is 1.26. The normalized spacial score (nSPS) is 9.33. The van der Waals surface area contributed by atoms with Crippen molar-refractivity contribution in [3.05, 3.63) is 59.8 Å². The Labute approximate surface area is 116 Å². The summed E-state index contributed by atoms with van der Waals surface area (Å²) in [7, 11) is 0. The van der Waals surface area contributed by atoms with E-state index in [1.54, 1.807) is 0 Å². The number of hydrogen-bond donors (Lipinski definition) is 0. The van der Waals surface area contributed by atoms with Crippen molar-refractivity contribution in [3.63, 3.8) is 0 Å². The van der Waals surface area contributed by atoms with Crippen molar-refractivity contribution >= 4 is 26.0 Å². The van der Waals surface area contributed by atoms with Crippen molar-refractivity contribution in [1.29, 1.82) is 0 Å². The van der Waals surface area contributed by atoms with Gasteiger partial charge in [0, 0.05) is 0 Å². The monoisotopic (exact) mass is 489 g/mol. The van der Waals surface area contributed by atoms with Gasteiger partial charge in [0.05, 0.1) is 0 Å². The molecule has 15 heavy (non-hydrogen) atoms. The SMILES string of the molecule is [Os+].[Te]c1cccc(Cc2[c-]cccc2)n1. The summed E-state index contributed by atoms with van der Waals surface area (Å²) in [5.74, 6) is 0. The molecule has 0 saturated carbocycles. The first kappa shape index (κ1) is 12.9. The average molecular weight is 485 g/mol. The third kappa shape index (κ3) is 4.04. The minimum atomic E-state index is 0. The number of aromatic nitrogens is 1. The van der Waals surface area contributed by atoms with Crippen LogP contribution in [0.2, 0.25) is 0 Å². The molecule has 76 valence electrons. The first-order valence-electron chi connectivity index (χ1n) is 4.43. The van der Waals surface area contributed by atoms with Gasteiger partial charge in [-0.15, -0.1) is 0 Å². The van der Waals surface area contributed by atoms with Crippen LogP contribution in [0, 0.1) is 6.07 Å². The Bertz CT molecular complexity index is 417. The Kier molecular flexibility index (Phi) is 5.48. The van der Waals surface area contributed by atoms with Gasteiger partial charge in [-0.3, -0.25) is 0 Å². The third-order valence-electron chi connectivity index (χ3n) is 1.93. The summed E-state index contributed by atoms with van der Waals surface area (Å²) in [4.78, 5) is 4.45. The second-order valence-electron chi connectivity index (χ2n) is 3.03. The molecule has 1 aromatic carbocycles. The van der Waals surface area contributed by atoms with Gasteiger partial charge in [0.15, 0.2) is 0 Å². The zero-order valence-electron chi connectivity index (χ0n) is 7.96. The van der Waals surface area contributed by atoms with Crippen molar-refractivity contribution in [2.75, 3.05) is 0 Å². The fraction of sp³-hybridized carbons (Fsp3) is 0.0833. The third-order valence-corrected chi connectivity index (χ3v) is 2.58. The van der Waals surface area contributed by atoms with E-state index >= 15 is 0 Å². The molecule has 0 aliphatic carbocycles. The molecule has 0 aliphatic heterocycles. The van der Waals surface area contributed by atoms with E-state index in [-0.39, 0.29) is 19.8 Å². The fourth-order valence-electron chi connectivity index (χ4n) is 1.29. The van der Waals surface area contributed by atoms with E-state index in [0.717, 1.165) is 15.9 Å². The molecule has 3 heteroatoms. The van der Waals surface area contributed by atoms with Crippen LogP contribution in [0.15, 0.2) is 42.5 Å². The Morgan fingerprint density at radius 1 is 1.13 bits per heavy atom. The summed E-state index contributed by atoms with van der Waals surface area (Å²) < 4.78 is 1.08. The molecule has 1 heterocycles. The van der Waals surface area contributed by atoms with E-state index in [0.29, 0.717) is 0 Å². The van der Waals surface area contributed by atoms with Crippen LogP contribution in [-0.2, 0) is 26.2 Å². The number of benzene rings is 1. The van der Waals surface area contributed by atoms with Gasteiger partial charge in [0.2, 0.25) is 0 Å². The van der Waals surface area contributed by atoms with Crippen LogP contribution in [0.3, 0.4) is 0 Å². The standard InChI is InChI=1S/C12H9NTe.Os/c14-12-8-4-7-11(13-12)9-10-5-2-1-3-6-10;/h1-5,7-8H,9H2;/q-1;+1. The predicted molar refractivity (Wildman–Crippen MR) is 57.7 cm³/mol. The first-order valence-corrected chi connectivity index (χ1v) is 5.59. The van der Waals surface area contributed by atoms with Crippen molar-refractivity contribution in [3.8, 4) is 0 Å². The molecule has 2 rings (SSSR count). The average Bonchev–Trinajstić information content (AvgIpc) is 2.19. The summed E-state index contributed by atoms with van der Waals surface area (Å²) in [5, 5.41) is 0. The van der Waals surface area contributed by atoms with Gasteiger partial charge in [-0.2, -0.15) is 0 Å². The molecule has 0 unspecified atom stereocenters. The number of nitrogens with zero attached hydrogens (tertiary/aromatic N) is 1. The van der Waals surface area contributed by atoms with Crippen LogP contribution >= 0.6 is 0 Å². The summed E-state index contributed by atoms with van der Waals surface area (Å²) in [5.41, 5.74) is 2.29. The molecule has 0 spiro atoms. The van der Waals surface area contributed by atoms with Crippen molar-refractivity contribution in [2.45, 2.75) is 6.42 Å². The molecule has 0 aliphatic rings. The van der Waals surface area contributed by atoms with Crippen LogP contribution in [0.1, 0.15) is 11.3 Å². The van der Waals surface area contributed by atoms with Crippen LogP contribution in [0.25, 0.3) is 0 Å². The van der Waals surface area contributed by atoms with Gasteiger partial charge in [-0.25, -0.2) is 0 Å². The van der Waals surface area contributed by atoms with E-state index in [9.17, 15) is 0 Å². The van der Waals surface area contributed by atoms with Gasteiger partial charge >= 0.3 is 117 Å². The summed E-state index contributed by atoms with van der Waals surface area (Å²) in [6, 6.07) is 17.3. The fourth-order valence-corrected chi connectivity index (χ4v) is 1.85. The Morgan fingerprint density at radius 2 is 2.00 bits per heavy atom. The topological polar surface area (TPSA) is 12.9 Å². The van der Waals surface area contributed by atoms with Crippen LogP contribution in [0.5, 0.6) is 0 Å². The second kappa shape index (κ2) is 6.39. The van der Waals surface area contributed by atoms with Crippen molar-refractivity contribution < 1.29 is 19.8 Å². The van der Waals surface area contributed by atoms with E-state index in [1.807, 2.05) is 52.6 Å². The summed E-state index contributed by atoms with van der Waals surface area (Å²) >= 11 is 1.94. The van der Waals surface area contributed by atoms with Gasteiger partial charge in [0.25, 0.3) is 0 Å². The van der Waals surface area contributed by atoms with Gasteiger partial charge in [-0.05, 0) is 0 Å². The minimum absolute atomic E-state index is 0. The van der Waals surface area contributed by atoms with Crippen LogP contribution in [0.4, 0.5) is 0 Å². The Hall–Kier alpha value is -0.204. The van der Waals surface area contributed by atoms with E-state index < -0.39 is 0 Å². The molecule has 0 saturated heterocycles. The zero-order valence-corrected chi connectivity index (χ0v) is 12.8. The first-order chi connectivity index (χ1) is 6.84. The molecule has 1 aromatic heterocycles. The van der Waals surface area contributed by atoms with E-state index in [4.69, 9.17) is 0 Å². The van der Waals surface area contributed by atoms with Gasteiger partial charge < -0.3 is 0 Å². The molecule has 2 radical (unpaired) electrons. The summed E-state index contributed by atoms with van der Waals surface area (Å²) in [6.07, 6.45) is 0.865. The molecular weight excluding hydrogens is 476 g/mol. The Morgan fingerprint density at radius 3 is 2.67 bits per heavy atom. The van der Waals surface area contributed by atoms with E-state index in [2.05, 4.69) is 23.2 Å². The molecule has 0 fully saturated rings. The maximum atomic E-state index is 4.45. The van der Waals surface area contributed by atoms with Gasteiger partial charge in [-0.1, -0.05) is 0 Å². The molecule has 0 atom stereocenters. The number of hydrogen-bond acceptors (Lipinski definition) is 1.